The number of benzene rings is 1. The highest BCUT2D eigenvalue weighted by Crippen LogP contribution is 2.17. The van der Waals surface area contributed by atoms with Crippen molar-refractivity contribution in [1.82, 2.24) is 5.32 Å². The Labute approximate surface area is 120 Å². The van der Waals surface area contributed by atoms with E-state index in [1.54, 1.807) is 12.1 Å². The number of nitrogens with two attached hydrogens (primary N) is 1. The second-order valence-corrected chi connectivity index (χ2v) is 4.83. The number of rotatable bonds is 3. The zero-order valence-corrected chi connectivity index (χ0v) is 12.4. The minimum atomic E-state index is -0.139. The summed E-state index contributed by atoms with van der Waals surface area (Å²) < 4.78 is 0.874. The van der Waals surface area contributed by atoms with Crippen LogP contribution in [0.25, 0.3) is 0 Å². The van der Waals surface area contributed by atoms with E-state index in [4.69, 9.17) is 17.3 Å². The second kappa shape index (κ2) is 7.32. The monoisotopic (exact) mass is 374 g/mol. The summed E-state index contributed by atoms with van der Waals surface area (Å²) in [7, 11) is 0. The summed E-state index contributed by atoms with van der Waals surface area (Å²) in [6.45, 7) is 2.28. The first-order valence-electron chi connectivity index (χ1n) is 4.50. The smallest absolute Gasteiger partial charge is 0.252 e. The van der Waals surface area contributed by atoms with Gasteiger partial charge in [0.25, 0.3) is 5.91 Å². The molecule has 0 saturated carbocycles. The van der Waals surface area contributed by atoms with Crippen molar-refractivity contribution in [2.75, 3.05) is 6.54 Å². The molecule has 0 bridgehead atoms. The Morgan fingerprint density at radius 2 is 2.25 bits per heavy atom. The first kappa shape index (κ1) is 16.0. The van der Waals surface area contributed by atoms with Crippen LogP contribution in [0.3, 0.4) is 0 Å². The van der Waals surface area contributed by atoms with E-state index in [9.17, 15) is 4.79 Å². The number of amides is 1. The highest BCUT2D eigenvalue weighted by Gasteiger charge is 2.12. The topological polar surface area (TPSA) is 55.1 Å². The first-order chi connectivity index (χ1) is 7.04. The number of nitrogens with one attached hydrogen (secondary N) is 1. The molecule has 90 valence electrons. The van der Waals surface area contributed by atoms with Crippen molar-refractivity contribution in [3.8, 4) is 0 Å². The van der Waals surface area contributed by atoms with Gasteiger partial charge in [-0.15, -0.1) is 12.4 Å². The molecule has 0 saturated heterocycles. The molecule has 3 nitrogen and oxygen atoms in total. The molecule has 0 aliphatic rings. The molecule has 0 aliphatic heterocycles. The van der Waals surface area contributed by atoms with Crippen molar-refractivity contribution in [1.29, 1.82) is 0 Å². The van der Waals surface area contributed by atoms with E-state index < -0.39 is 0 Å². The fourth-order valence-electron chi connectivity index (χ4n) is 1.03. The molecule has 0 fully saturated rings. The summed E-state index contributed by atoms with van der Waals surface area (Å²) in [5.74, 6) is -0.139. The lowest BCUT2D eigenvalue weighted by Crippen LogP contribution is -2.38. The zero-order valence-electron chi connectivity index (χ0n) is 8.67. The van der Waals surface area contributed by atoms with Crippen LogP contribution in [0.4, 0.5) is 0 Å². The van der Waals surface area contributed by atoms with Gasteiger partial charge in [0.2, 0.25) is 0 Å². The van der Waals surface area contributed by atoms with E-state index in [0.717, 1.165) is 3.57 Å². The van der Waals surface area contributed by atoms with Crippen LogP contribution in [0.5, 0.6) is 0 Å². The maximum absolute atomic E-state index is 11.8. The van der Waals surface area contributed by atoms with E-state index in [-0.39, 0.29) is 24.4 Å². The minimum absolute atomic E-state index is 0. The maximum Gasteiger partial charge on any atom is 0.252 e. The van der Waals surface area contributed by atoms with Crippen LogP contribution in [0.2, 0.25) is 5.02 Å². The zero-order chi connectivity index (χ0) is 11.4. The Morgan fingerprint density at radius 1 is 1.62 bits per heavy atom. The molecule has 1 aromatic rings. The Kier molecular flexibility index (Phi) is 7.30. The van der Waals surface area contributed by atoms with Gasteiger partial charge in [0.05, 0.1) is 5.56 Å². The summed E-state index contributed by atoms with van der Waals surface area (Å²) in [6, 6.07) is 5.19. The van der Waals surface area contributed by atoms with Crippen LogP contribution >= 0.6 is 46.6 Å². The number of carbonyl (C=O) groups excluding carboxylic acids is 1. The predicted octanol–water partition coefficient (Wildman–Crippen LogP) is 2.44. The van der Waals surface area contributed by atoms with Gasteiger partial charge in [0.15, 0.2) is 0 Å². The predicted molar refractivity (Wildman–Crippen MR) is 77.4 cm³/mol. The van der Waals surface area contributed by atoms with Crippen LogP contribution in [-0.4, -0.2) is 18.5 Å². The quantitative estimate of drug-likeness (QED) is 0.798. The average Bonchev–Trinajstić information content (AvgIpc) is 2.21. The highest BCUT2D eigenvalue weighted by atomic mass is 127. The molecule has 3 N–H and O–H groups in total. The molecule has 1 atom stereocenters. The molecule has 1 rings (SSSR count). The van der Waals surface area contributed by atoms with Crippen LogP contribution in [-0.2, 0) is 0 Å². The third kappa shape index (κ3) is 4.45. The summed E-state index contributed by atoms with van der Waals surface area (Å²) in [5, 5.41) is 3.34. The molecule has 6 heteroatoms. The van der Waals surface area contributed by atoms with Crippen molar-refractivity contribution in [3.63, 3.8) is 0 Å². The van der Waals surface area contributed by atoms with Crippen molar-refractivity contribution in [2.45, 2.75) is 13.0 Å². The number of halogens is 3. The number of carbonyl (C=O) groups is 1. The van der Waals surface area contributed by atoms with Crippen molar-refractivity contribution in [2.24, 2.45) is 5.73 Å². The van der Waals surface area contributed by atoms with Gasteiger partial charge in [0, 0.05) is 21.2 Å². The number of hydrogen-bond donors (Lipinski definition) is 2. The molecule has 0 unspecified atom stereocenters. The fourth-order valence-corrected chi connectivity index (χ4v) is 1.78. The Morgan fingerprint density at radius 3 is 2.81 bits per heavy atom. The van der Waals surface area contributed by atoms with Crippen LogP contribution in [0.15, 0.2) is 18.2 Å². The Balaban J connectivity index is 0.00000225. The van der Waals surface area contributed by atoms with Crippen molar-refractivity contribution < 1.29 is 4.79 Å². The fraction of sp³-hybridized carbons (Fsp3) is 0.300. The number of hydrogen-bond acceptors (Lipinski definition) is 2. The summed E-state index contributed by atoms with van der Waals surface area (Å²) in [6.07, 6.45) is 0. The van der Waals surface area contributed by atoms with Gasteiger partial charge >= 0.3 is 0 Å². The van der Waals surface area contributed by atoms with Gasteiger partial charge in [-0.3, -0.25) is 4.79 Å². The summed E-state index contributed by atoms with van der Waals surface area (Å²) in [5.41, 5.74) is 6.01. The lowest BCUT2D eigenvalue weighted by atomic mass is 10.2. The summed E-state index contributed by atoms with van der Waals surface area (Å²) >= 11 is 7.92. The average molecular weight is 375 g/mol. The van der Waals surface area contributed by atoms with Crippen LogP contribution in [0, 0.1) is 3.57 Å². The molecular weight excluding hydrogens is 362 g/mol. The molecule has 0 spiro atoms. The molecule has 0 radical (unpaired) electrons. The van der Waals surface area contributed by atoms with Crippen molar-refractivity contribution >= 4 is 52.5 Å². The van der Waals surface area contributed by atoms with Gasteiger partial charge in [-0.1, -0.05) is 11.6 Å². The molecule has 0 heterocycles. The Bertz CT molecular complexity index is 374. The van der Waals surface area contributed by atoms with E-state index >= 15 is 0 Å². The molecule has 1 aromatic carbocycles. The van der Waals surface area contributed by atoms with Gasteiger partial charge in [-0.2, -0.15) is 0 Å². The standard InChI is InChI=1S/C10H12ClIN2O.ClH/c1-6(5-13)14-10(15)8-4-7(11)2-3-9(8)12;/h2-4,6H,5,13H2,1H3,(H,14,15);1H/t6-;/m0./s1. The third-order valence-electron chi connectivity index (χ3n) is 1.90. The van der Waals surface area contributed by atoms with E-state index in [1.807, 2.05) is 13.0 Å². The highest BCUT2D eigenvalue weighted by molar-refractivity contribution is 14.1. The SMILES string of the molecule is C[C@@H](CN)NC(=O)c1cc(Cl)ccc1I.Cl. The van der Waals surface area contributed by atoms with Gasteiger partial charge < -0.3 is 11.1 Å². The maximum atomic E-state index is 11.8. The van der Waals surface area contributed by atoms with Gasteiger partial charge in [0.1, 0.15) is 0 Å². The lowest BCUT2D eigenvalue weighted by Gasteiger charge is -2.12. The first-order valence-corrected chi connectivity index (χ1v) is 5.96. The minimum Gasteiger partial charge on any atom is -0.348 e. The molecule has 16 heavy (non-hydrogen) atoms. The molecule has 0 aromatic heterocycles. The van der Waals surface area contributed by atoms with Crippen LogP contribution < -0.4 is 11.1 Å². The van der Waals surface area contributed by atoms with E-state index in [0.29, 0.717) is 17.1 Å². The molecule has 1 amide bonds. The molecule has 0 aliphatic carbocycles. The third-order valence-corrected chi connectivity index (χ3v) is 3.08. The van der Waals surface area contributed by atoms with Gasteiger partial charge in [-0.05, 0) is 47.7 Å². The Hall–Kier alpha value is -0.0400. The largest absolute Gasteiger partial charge is 0.348 e. The molecular formula is C10H13Cl2IN2O. The van der Waals surface area contributed by atoms with Gasteiger partial charge in [-0.25, -0.2) is 0 Å². The normalized spacial score (nSPS) is 11.5. The van der Waals surface area contributed by atoms with Crippen molar-refractivity contribution in [3.05, 3.63) is 32.4 Å². The second-order valence-electron chi connectivity index (χ2n) is 3.23. The summed E-state index contributed by atoms with van der Waals surface area (Å²) in [4.78, 5) is 11.8. The van der Waals surface area contributed by atoms with E-state index in [1.165, 1.54) is 0 Å². The lowest BCUT2D eigenvalue weighted by molar-refractivity contribution is 0.0940. The van der Waals surface area contributed by atoms with Crippen LogP contribution in [0.1, 0.15) is 17.3 Å². The van der Waals surface area contributed by atoms with E-state index in [2.05, 4.69) is 27.9 Å².